The maximum Gasteiger partial charge on any atom is 0.270 e. The summed E-state index contributed by atoms with van der Waals surface area (Å²) in [5.41, 5.74) is 1.80. The Morgan fingerprint density at radius 2 is 1.76 bits per heavy atom. The molecule has 0 unspecified atom stereocenters. The Hall–Kier alpha value is -3.85. The number of hydrogen-bond acceptors (Lipinski definition) is 5. The molecule has 0 aliphatic rings. The molecule has 1 aromatic heterocycles. The second-order valence-corrected chi connectivity index (χ2v) is 6.45. The Morgan fingerprint density at radius 1 is 1.03 bits per heavy atom. The van der Waals surface area contributed by atoms with Crippen molar-refractivity contribution in [3.05, 3.63) is 87.2 Å². The third-order valence-corrected chi connectivity index (χ3v) is 4.43. The van der Waals surface area contributed by atoms with Crippen LogP contribution in [0.15, 0.2) is 60.7 Å². The summed E-state index contributed by atoms with van der Waals surface area (Å²) in [5, 5.41) is 22.3. The van der Waals surface area contributed by atoms with Crippen LogP contribution < -0.4 is 5.32 Å². The van der Waals surface area contributed by atoms with Crippen LogP contribution in [-0.4, -0.2) is 25.8 Å². The molecule has 0 aliphatic carbocycles. The van der Waals surface area contributed by atoms with Crippen LogP contribution in [0.4, 0.5) is 15.8 Å². The maximum atomic E-state index is 13.1. The fraction of sp³-hybridized carbons (Fsp3) is 0. The van der Waals surface area contributed by atoms with Gasteiger partial charge in [-0.15, -0.1) is 10.2 Å². The Morgan fingerprint density at radius 3 is 2.48 bits per heavy atom. The van der Waals surface area contributed by atoms with Gasteiger partial charge in [-0.25, -0.2) is 4.39 Å². The van der Waals surface area contributed by atoms with E-state index < -0.39 is 10.8 Å². The number of aromatic nitrogens is 3. The number of nitrogens with zero attached hydrogens (tertiary/aromatic N) is 4. The number of nitro benzene ring substituents is 1. The van der Waals surface area contributed by atoms with Crippen LogP contribution in [0.25, 0.3) is 16.7 Å². The van der Waals surface area contributed by atoms with E-state index in [0.29, 0.717) is 22.4 Å². The third-order valence-electron chi connectivity index (χ3n) is 4.10. The van der Waals surface area contributed by atoms with E-state index in [4.69, 9.17) is 11.6 Å². The molecular weight excluding hydrogens is 401 g/mol. The summed E-state index contributed by atoms with van der Waals surface area (Å²) < 4.78 is 13.1. The molecule has 29 heavy (non-hydrogen) atoms. The largest absolute Gasteiger partial charge is 0.322 e. The molecule has 0 atom stereocenters. The van der Waals surface area contributed by atoms with Gasteiger partial charge in [-0.3, -0.25) is 14.9 Å². The summed E-state index contributed by atoms with van der Waals surface area (Å²) >= 11 is 6.00. The zero-order valence-corrected chi connectivity index (χ0v) is 15.3. The van der Waals surface area contributed by atoms with Gasteiger partial charge >= 0.3 is 0 Å². The first-order valence-electron chi connectivity index (χ1n) is 8.29. The number of nitrogens with one attached hydrogen (secondary N) is 1. The van der Waals surface area contributed by atoms with Crippen molar-refractivity contribution in [2.24, 2.45) is 0 Å². The number of hydrogen-bond donors (Lipinski definition) is 1. The zero-order valence-electron chi connectivity index (χ0n) is 14.5. The van der Waals surface area contributed by atoms with E-state index in [1.807, 2.05) is 0 Å². The van der Waals surface area contributed by atoms with E-state index in [-0.39, 0.29) is 22.1 Å². The second kappa shape index (κ2) is 7.28. The molecule has 0 fully saturated rings. The first kappa shape index (κ1) is 18.5. The van der Waals surface area contributed by atoms with Gasteiger partial charge in [-0.2, -0.15) is 4.80 Å². The summed E-state index contributed by atoms with van der Waals surface area (Å²) in [7, 11) is 0. The molecule has 3 aromatic carbocycles. The van der Waals surface area contributed by atoms with Crippen molar-refractivity contribution in [2.75, 3.05) is 5.32 Å². The van der Waals surface area contributed by atoms with E-state index in [0.717, 1.165) is 6.07 Å². The first-order valence-corrected chi connectivity index (χ1v) is 8.67. The minimum atomic E-state index is -0.604. The molecule has 4 aromatic rings. The molecule has 0 aliphatic heterocycles. The summed E-state index contributed by atoms with van der Waals surface area (Å²) in [4.78, 5) is 24.2. The highest BCUT2D eigenvalue weighted by Crippen LogP contribution is 2.24. The van der Waals surface area contributed by atoms with Gasteiger partial charge in [0, 0.05) is 17.8 Å². The van der Waals surface area contributed by atoms with E-state index in [2.05, 4.69) is 15.5 Å². The second-order valence-electron chi connectivity index (χ2n) is 6.04. The Bertz CT molecular complexity index is 1260. The highest BCUT2D eigenvalue weighted by molar-refractivity contribution is 6.34. The number of non-ortho nitro benzene ring substituents is 1. The van der Waals surface area contributed by atoms with Crippen molar-refractivity contribution in [3.63, 3.8) is 0 Å². The Kier molecular flexibility index (Phi) is 4.65. The predicted molar refractivity (Wildman–Crippen MR) is 105 cm³/mol. The first-order chi connectivity index (χ1) is 13.9. The van der Waals surface area contributed by atoms with Crippen LogP contribution in [0.5, 0.6) is 0 Å². The quantitative estimate of drug-likeness (QED) is 0.396. The molecule has 1 heterocycles. The molecule has 0 bridgehead atoms. The van der Waals surface area contributed by atoms with E-state index >= 15 is 0 Å². The summed E-state index contributed by atoms with van der Waals surface area (Å²) in [5.74, 6) is -0.959. The smallest absolute Gasteiger partial charge is 0.270 e. The van der Waals surface area contributed by atoms with Crippen molar-refractivity contribution in [3.8, 4) is 5.69 Å². The van der Waals surface area contributed by atoms with Crippen LogP contribution in [-0.2, 0) is 0 Å². The highest BCUT2D eigenvalue weighted by atomic mass is 35.5. The summed E-state index contributed by atoms with van der Waals surface area (Å²) in [6.07, 6.45) is 0. The van der Waals surface area contributed by atoms with Gasteiger partial charge in [0.1, 0.15) is 16.9 Å². The number of halogens is 2. The number of carbonyl (C=O) groups is 1. The number of rotatable bonds is 4. The molecular formula is C19H11ClFN5O3. The van der Waals surface area contributed by atoms with Gasteiger partial charge in [0.05, 0.1) is 21.2 Å². The van der Waals surface area contributed by atoms with Gasteiger partial charge in [0.15, 0.2) is 0 Å². The lowest BCUT2D eigenvalue weighted by Gasteiger charge is -2.06. The van der Waals surface area contributed by atoms with Gasteiger partial charge in [0.2, 0.25) is 0 Å². The Balaban J connectivity index is 1.62. The number of fused-ring (bicyclic) bond motifs is 1. The minimum absolute atomic E-state index is 0.0177. The van der Waals surface area contributed by atoms with E-state index in [1.54, 1.807) is 30.3 Å². The minimum Gasteiger partial charge on any atom is -0.322 e. The average Bonchev–Trinajstić information content (AvgIpc) is 3.12. The lowest BCUT2D eigenvalue weighted by molar-refractivity contribution is -0.384. The highest BCUT2D eigenvalue weighted by Gasteiger charge is 2.16. The summed E-state index contributed by atoms with van der Waals surface area (Å²) in [6, 6.07) is 14.2. The van der Waals surface area contributed by atoms with Crippen molar-refractivity contribution in [1.82, 2.24) is 15.0 Å². The lowest BCUT2D eigenvalue weighted by Crippen LogP contribution is -2.12. The standard InChI is InChI=1S/C19H11ClFN5O3/c20-16-7-6-14(26(28)29)10-15(16)19(27)22-12-3-8-17-18(9-12)24-25(23-17)13-4-1-11(21)2-5-13/h1-10H,(H,22,27). The number of amides is 1. The molecule has 10 heteroatoms. The molecule has 0 saturated carbocycles. The molecule has 0 spiro atoms. The molecule has 144 valence electrons. The molecule has 1 amide bonds. The van der Waals surface area contributed by atoms with E-state index in [9.17, 15) is 19.3 Å². The molecule has 1 N–H and O–H groups in total. The average molecular weight is 412 g/mol. The zero-order chi connectivity index (χ0) is 20.5. The van der Waals surface area contributed by atoms with Crippen molar-refractivity contribution in [1.29, 1.82) is 0 Å². The number of nitro groups is 1. The van der Waals surface area contributed by atoms with Gasteiger partial charge < -0.3 is 5.32 Å². The predicted octanol–water partition coefficient (Wildman–Crippen LogP) is 4.37. The monoisotopic (exact) mass is 411 g/mol. The molecule has 0 radical (unpaired) electrons. The number of anilines is 1. The van der Waals surface area contributed by atoms with Gasteiger partial charge in [-0.1, -0.05) is 11.6 Å². The Labute approximate surface area is 167 Å². The van der Waals surface area contributed by atoms with Crippen LogP contribution >= 0.6 is 11.6 Å². The maximum absolute atomic E-state index is 13.1. The number of carbonyl (C=O) groups excluding carboxylic acids is 1. The molecule has 4 rings (SSSR count). The van der Waals surface area contributed by atoms with Gasteiger partial charge in [0.25, 0.3) is 11.6 Å². The van der Waals surface area contributed by atoms with Gasteiger partial charge in [-0.05, 0) is 48.5 Å². The van der Waals surface area contributed by atoms with Crippen molar-refractivity contribution in [2.45, 2.75) is 0 Å². The van der Waals surface area contributed by atoms with Crippen LogP contribution in [0, 0.1) is 15.9 Å². The molecule has 0 saturated heterocycles. The van der Waals surface area contributed by atoms with Crippen LogP contribution in [0.2, 0.25) is 5.02 Å². The fourth-order valence-electron chi connectivity index (χ4n) is 2.68. The summed E-state index contributed by atoms with van der Waals surface area (Å²) in [6.45, 7) is 0. The fourth-order valence-corrected chi connectivity index (χ4v) is 2.88. The van der Waals surface area contributed by atoms with Crippen LogP contribution in [0.3, 0.4) is 0 Å². The van der Waals surface area contributed by atoms with Crippen LogP contribution in [0.1, 0.15) is 10.4 Å². The normalized spacial score (nSPS) is 10.8. The topological polar surface area (TPSA) is 103 Å². The lowest BCUT2D eigenvalue weighted by atomic mass is 10.1. The number of benzene rings is 3. The third kappa shape index (κ3) is 3.76. The SMILES string of the molecule is O=C(Nc1ccc2nn(-c3ccc(F)cc3)nc2c1)c1cc([N+](=O)[O-])ccc1Cl. The van der Waals surface area contributed by atoms with Crippen molar-refractivity contribution >= 4 is 39.9 Å². The van der Waals surface area contributed by atoms with E-state index in [1.165, 1.54) is 29.1 Å². The molecule has 8 nitrogen and oxygen atoms in total. The van der Waals surface area contributed by atoms with Crippen molar-refractivity contribution < 1.29 is 14.1 Å².